The number of benzene rings is 1. The SMILES string of the molecule is O=C(O)CO[C@@H]1CCOC[C@@H]1NC(=O)c1ccc2c(c1)CCCC2. The summed E-state index contributed by atoms with van der Waals surface area (Å²) in [6.07, 6.45) is 4.71. The van der Waals surface area contributed by atoms with Crippen LogP contribution in [-0.2, 0) is 27.1 Å². The molecule has 2 aliphatic rings. The van der Waals surface area contributed by atoms with Crippen LogP contribution in [0.1, 0.15) is 40.7 Å². The van der Waals surface area contributed by atoms with Crippen LogP contribution in [-0.4, -0.2) is 48.9 Å². The van der Waals surface area contributed by atoms with E-state index in [2.05, 4.69) is 5.32 Å². The number of carbonyl (C=O) groups excluding carboxylic acids is 1. The summed E-state index contributed by atoms with van der Waals surface area (Å²) < 4.78 is 10.8. The van der Waals surface area contributed by atoms with Crippen molar-refractivity contribution < 1.29 is 24.2 Å². The number of carboxylic acid groups (broad SMARTS) is 1. The van der Waals surface area contributed by atoms with Crippen molar-refractivity contribution in [2.24, 2.45) is 0 Å². The fourth-order valence-corrected chi connectivity index (χ4v) is 3.36. The summed E-state index contributed by atoms with van der Waals surface area (Å²) in [7, 11) is 0. The van der Waals surface area contributed by atoms with Crippen molar-refractivity contribution in [2.75, 3.05) is 19.8 Å². The lowest BCUT2D eigenvalue weighted by Crippen LogP contribution is -2.51. The monoisotopic (exact) mass is 333 g/mol. The number of nitrogens with one attached hydrogen (secondary N) is 1. The summed E-state index contributed by atoms with van der Waals surface area (Å²) in [6, 6.07) is 5.54. The minimum Gasteiger partial charge on any atom is -0.480 e. The Morgan fingerprint density at radius 2 is 2.04 bits per heavy atom. The van der Waals surface area contributed by atoms with Crippen LogP contribution in [0.2, 0.25) is 0 Å². The average molecular weight is 333 g/mol. The second kappa shape index (κ2) is 7.77. The quantitative estimate of drug-likeness (QED) is 0.854. The summed E-state index contributed by atoms with van der Waals surface area (Å²) >= 11 is 0. The zero-order valence-corrected chi connectivity index (χ0v) is 13.6. The maximum atomic E-state index is 12.5. The molecule has 130 valence electrons. The molecule has 1 heterocycles. The molecular weight excluding hydrogens is 310 g/mol. The molecule has 0 spiro atoms. The zero-order valence-electron chi connectivity index (χ0n) is 13.6. The first-order valence-corrected chi connectivity index (χ1v) is 8.47. The Bertz CT molecular complexity index is 615. The minimum atomic E-state index is -1.01. The minimum absolute atomic E-state index is 0.164. The highest BCUT2D eigenvalue weighted by atomic mass is 16.5. The highest BCUT2D eigenvalue weighted by molar-refractivity contribution is 5.94. The van der Waals surface area contributed by atoms with Crippen LogP contribution in [0.3, 0.4) is 0 Å². The normalized spacial score (nSPS) is 23.3. The standard InChI is InChI=1S/C18H23NO5/c20-17(21)11-24-16-7-8-23-10-15(16)19-18(22)14-6-5-12-3-1-2-4-13(12)9-14/h5-6,9,15-16H,1-4,7-8,10-11H2,(H,19,22)(H,20,21)/t15-,16+/m0/s1. The number of aryl methyl sites for hydroxylation is 2. The summed E-state index contributed by atoms with van der Waals surface area (Å²) in [5, 5.41) is 11.7. The topological polar surface area (TPSA) is 84.9 Å². The number of aliphatic carboxylic acids is 1. The van der Waals surface area contributed by atoms with Crippen LogP contribution in [0.15, 0.2) is 18.2 Å². The predicted molar refractivity (Wildman–Crippen MR) is 87.2 cm³/mol. The van der Waals surface area contributed by atoms with E-state index in [1.165, 1.54) is 24.0 Å². The molecule has 2 atom stereocenters. The number of amides is 1. The van der Waals surface area contributed by atoms with Gasteiger partial charge in [-0.05, 0) is 55.4 Å². The number of carbonyl (C=O) groups is 2. The van der Waals surface area contributed by atoms with E-state index in [1.54, 1.807) is 0 Å². The number of carboxylic acids is 1. The summed E-state index contributed by atoms with van der Waals surface area (Å²) in [5.41, 5.74) is 3.23. The van der Waals surface area contributed by atoms with Crippen molar-refractivity contribution in [1.82, 2.24) is 5.32 Å². The molecule has 3 rings (SSSR count). The van der Waals surface area contributed by atoms with Crippen molar-refractivity contribution in [3.8, 4) is 0 Å². The van der Waals surface area contributed by atoms with Crippen LogP contribution in [0.5, 0.6) is 0 Å². The van der Waals surface area contributed by atoms with Gasteiger partial charge in [0, 0.05) is 12.2 Å². The van der Waals surface area contributed by atoms with Gasteiger partial charge in [-0.3, -0.25) is 4.79 Å². The lowest BCUT2D eigenvalue weighted by atomic mass is 9.90. The molecule has 0 aromatic heterocycles. The van der Waals surface area contributed by atoms with Gasteiger partial charge in [-0.1, -0.05) is 6.07 Å². The third-order valence-electron chi connectivity index (χ3n) is 4.64. The van der Waals surface area contributed by atoms with Gasteiger partial charge in [0.2, 0.25) is 0 Å². The molecule has 1 aromatic carbocycles. The highest BCUT2D eigenvalue weighted by Gasteiger charge is 2.29. The van der Waals surface area contributed by atoms with Crippen LogP contribution in [0, 0.1) is 0 Å². The first kappa shape index (κ1) is 16.9. The van der Waals surface area contributed by atoms with E-state index in [4.69, 9.17) is 14.6 Å². The third kappa shape index (κ3) is 4.13. The Labute approximate surface area is 141 Å². The Hall–Kier alpha value is -1.92. The van der Waals surface area contributed by atoms with E-state index < -0.39 is 5.97 Å². The highest BCUT2D eigenvalue weighted by Crippen LogP contribution is 2.22. The number of ether oxygens (including phenoxy) is 2. The Morgan fingerprint density at radius 3 is 2.83 bits per heavy atom. The number of rotatable bonds is 5. The van der Waals surface area contributed by atoms with Gasteiger partial charge in [-0.15, -0.1) is 0 Å². The van der Waals surface area contributed by atoms with E-state index in [0.717, 1.165) is 12.8 Å². The van der Waals surface area contributed by atoms with Crippen molar-refractivity contribution in [3.05, 3.63) is 34.9 Å². The second-order valence-corrected chi connectivity index (χ2v) is 6.38. The number of hydrogen-bond donors (Lipinski definition) is 2. The molecule has 6 heteroatoms. The molecule has 2 N–H and O–H groups in total. The Morgan fingerprint density at radius 1 is 1.25 bits per heavy atom. The molecule has 1 aliphatic carbocycles. The number of hydrogen-bond acceptors (Lipinski definition) is 4. The summed E-state index contributed by atoms with van der Waals surface area (Å²) in [4.78, 5) is 23.2. The van der Waals surface area contributed by atoms with Gasteiger partial charge in [0.05, 0.1) is 18.8 Å². The first-order valence-electron chi connectivity index (χ1n) is 8.47. The van der Waals surface area contributed by atoms with Crippen molar-refractivity contribution in [3.63, 3.8) is 0 Å². The van der Waals surface area contributed by atoms with Crippen LogP contribution >= 0.6 is 0 Å². The van der Waals surface area contributed by atoms with Crippen molar-refractivity contribution in [1.29, 1.82) is 0 Å². The van der Waals surface area contributed by atoms with Crippen LogP contribution in [0.4, 0.5) is 0 Å². The van der Waals surface area contributed by atoms with E-state index >= 15 is 0 Å². The first-order chi connectivity index (χ1) is 11.6. The van der Waals surface area contributed by atoms with Crippen LogP contribution < -0.4 is 5.32 Å². The van der Waals surface area contributed by atoms with E-state index in [-0.39, 0.29) is 24.7 Å². The van der Waals surface area contributed by atoms with Crippen LogP contribution in [0.25, 0.3) is 0 Å². The summed E-state index contributed by atoms with van der Waals surface area (Å²) in [5.74, 6) is -1.18. The average Bonchev–Trinajstić information content (AvgIpc) is 2.60. The second-order valence-electron chi connectivity index (χ2n) is 6.38. The van der Waals surface area contributed by atoms with Gasteiger partial charge >= 0.3 is 5.97 Å². The van der Waals surface area contributed by atoms with E-state index in [0.29, 0.717) is 25.2 Å². The molecule has 0 bridgehead atoms. The molecule has 24 heavy (non-hydrogen) atoms. The molecule has 1 fully saturated rings. The summed E-state index contributed by atoms with van der Waals surface area (Å²) in [6.45, 7) is 0.479. The molecule has 1 aliphatic heterocycles. The Kier molecular flexibility index (Phi) is 5.48. The third-order valence-corrected chi connectivity index (χ3v) is 4.64. The largest absolute Gasteiger partial charge is 0.480 e. The van der Waals surface area contributed by atoms with E-state index in [9.17, 15) is 9.59 Å². The Balaban J connectivity index is 1.65. The molecular formula is C18H23NO5. The number of fused-ring (bicyclic) bond motifs is 1. The molecule has 0 radical (unpaired) electrons. The molecule has 0 unspecified atom stereocenters. The van der Waals surface area contributed by atoms with Gasteiger partial charge in [0.25, 0.3) is 5.91 Å². The molecule has 0 saturated carbocycles. The van der Waals surface area contributed by atoms with Gasteiger partial charge in [-0.2, -0.15) is 0 Å². The van der Waals surface area contributed by atoms with Gasteiger partial charge in [0.1, 0.15) is 6.61 Å². The fraction of sp³-hybridized carbons (Fsp3) is 0.556. The zero-order chi connectivity index (χ0) is 16.9. The predicted octanol–water partition coefficient (Wildman–Crippen LogP) is 1.55. The van der Waals surface area contributed by atoms with Gasteiger partial charge < -0.3 is 19.9 Å². The van der Waals surface area contributed by atoms with Crippen molar-refractivity contribution >= 4 is 11.9 Å². The lowest BCUT2D eigenvalue weighted by Gasteiger charge is -2.31. The lowest BCUT2D eigenvalue weighted by molar-refractivity contribution is -0.147. The van der Waals surface area contributed by atoms with E-state index in [1.807, 2.05) is 18.2 Å². The maximum Gasteiger partial charge on any atom is 0.329 e. The fourth-order valence-electron chi connectivity index (χ4n) is 3.36. The molecule has 1 aromatic rings. The molecule has 1 saturated heterocycles. The van der Waals surface area contributed by atoms with Gasteiger partial charge in [-0.25, -0.2) is 4.79 Å². The molecule has 6 nitrogen and oxygen atoms in total. The van der Waals surface area contributed by atoms with Gasteiger partial charge in [0.15, 0.2) is 0 Å². The smallest absolute Gasteiger partial charge is 0.329 e. The molecule has 1 amide bonds. The van der Waals surface area contributed by atoms with Crippen molar-refractivity contribution in [2.45, 2.75) is 44.2 Å². The maximum absolute atomic E-state index is 12.5.